The maximum atomic E-state index is 12.4. The van der Waals surface area contributed by atoms with Crippen LogP contribution < -0.4 is 5.32 Å². The lowest BCUT2D eigenvalue weighted by atomic mass is 9.95. The molecule has 3 rings (SSSR count). The predicted molar refractivity (Wildman–Crippen MR) is 75.1 cm³/mol. The minimum absolute atomic E-state index is 0.0329. The molecule has 100 valence electrons. The molecule has 19 heavy (non-hydrogen) atoms. The van der Waals surface area contributed by atoms with Crippen LogP contribution in [-0.4, -0.2) is 21.5 Å². The predicted octanol–water partition coefficient (Wildman–Crippen LogP) is 2.64. The monoisotopic (exact) mass is 257 g/mol. The molecule has 2 heterocycles. The molecule has 0 atom stereocenters. The second-order valence-corrected chi connectivity index (χ2v) is 5.34. The molecule has 0 saturated heterocycles. The average Bonchev–Trinajstić information content (AvgIpc) is 2.78. The standard InChI is InChI=1S/C15H19N3O/c1-18-10-13(12-8-5-9-16-14(12)18)15(19)17-11-6-3-2-4-7-11/h5,8-11H,2-4,6-7H2,1H3,(H,17,19). The second kappa shape index (κ2) is 5.03. The van der Waals surface area contributed by atoms with Crippen LogP contribution in [0.4, 0.5) is 0 Å². The summed E-state index contributed by atoms with van der Waals surface area (Å²) in [5.41, 5.74) is 1.59. The first-order valence-corrected chi connectivity index (χ1v) is 6.96. The Morgan fingerprint density at radius 1 is 1.37 bits per heavy atom. The molecule has 0 aliphatic heterocycles. The molecule has 0 unspecified atom stereocenters. The summed E-state index contributed by atoms with van der Waals surface area (Å²) >= 11 is 0. The number of amides is 1. The number of pyridine rings is 1. The number of rotatable bonds is 2. The van der Waals surface area contributed by atoms with Crippen LogP contribution in [0.5, 0.6) is 0 Å². The second-order valence-electron chi connectivity index (χ2n) is 5.34. The Labute approximate surface area is 112 Å². The van der Waals surface area contributed by atoms with Crippen molar-refractivity contribution in [1.29, 1.82) is 0 Å². The van der Waals surface area contributed by atoms with Gasteiger partial charge >= 0.3 is 0 Å². The van der Waals surface area contributed by atoms with Crippen molar-refractivity contribution in [2.45, 2.75) is 38.1 Å². The number of carbonyl (C=O) groups excluding carboxylic acids is 1. The Morgan fingerprint density at radius 2 is 2.16 bits per heavy atom. The van der Waals surface area contributed by atoms with Gasteiger partial charge in [0.2, 0.25) is 0 Å². The van der Waals surface area contributed by atoms with Gasteiger partial charge < -0.3 is 9.88 Å². The van der Waals surface area contributed by atoms with E-state index in [0.29, 0.717) is 6.04 Å². The van der Waals surface area contributed by atoms with E-state index in [4.69, 9.17) is 0 Å². The maximum absolute atomic E-state index is 12.4. The molecule has 2 aromatic rings. The van der Waals surface area contributed by atoms with Gasteiger partial charge in [0.25, 0.3) is 5.91 Å². The first-order valence-electron chi connectivity index (χ1n) is 6.96. The first kappa shape index (κ1) is 12.2. The molecule has 1 aliphatic carbocycles. The highest BCUT2D eigenvalue weighted by atomic mass is 16.1. The Bertz CT molecular complexity index is 596. The molecule has 1 fully saturated rings. The Kier molecular flexibility index (Phi) is 3.23. The normalized spacial score (nSPS) is 16.7. The van der Waals surface area contributed by atoms with Gasteiger partial charge in [-0.25, -0.2) is 4.98 Å². The minimum atomic E-state index is 0.0329. The van der Waals surface area contributed by atoms with Crippen LogP contribution in [0.15, 0.2) is 24.5 Å². The number of nitrogens with zero attached hydrogens (tertiary/aromatic N) is 2. The number of aromatic nitrogens is 2. The van der Waals surface area contributed by atoms with E-state index in [9.17, 15) is 4.79 Å². The quantitative estimate of drug-likeness (QED) is 0.899. The van der Waals surface area contributed by atoms with Crippen molar-refractivity contribution in [3.8, 4) is 0 Å². The van der Waals surface area contributed by atoms with Crippen LogP contribution in [0.25, 0.3) is 11.0 Å². The van der Waals surface area contributed by atoms with Crippen molar-refractivity contribution in [1.82, 2.24) is 14.9 Å². The highest BCUT2D eigenvalue weighted by molar-refractivity contribution is 6.06. The topological polar surface area (TPSA) is 46.9 Å². The molecule has 1 saturated carbocycles. The minimum Gasteiger partial charge on any atom is -0.349 e. The van der Waals surface area contributed by atoms with E-state index in [1.807, 2.05) is 29.9 Å². The van der Waals surface area contributed by atoms with Crippen LogP contribution in [0, 0.1) is 0 Å². The molecular weight excluding hydrogens is 238 g/mol. The highest BCUT2D eigenvalue weighted by Gasteiger charge is 2.19. The molecule has 0 bridgehead atoms. The summed E-state index contributed by atoms with van der Waals surface area (Å²) < 4.78 is 1.91. The number of aryl methyl sites for hydroxylation is 1. The third kappa shape index (κ3) is 2.35. The molecule has 1 amide bonds. The fourth-order valence-corrected chi connectivity index (χ4v) is 2.90. The van der Waals surface area contributed by atoms with Crippen LogP contribution in [0.1, 0.15) is 42.5 Å². The summed E-state index contributed by atoms with van der Waals surface area (Å²) in [6.45, 7) is 0. The van der Waals surface area contributed by atoms with Crippen molar-refractivity contribution in [2.24, 2.45) is 7.05 Å². The van der Waals surface area contributed by atoms with Crippen molar-refractivity contribution in [3.05, 3.63) is 30.1 Å². The van der Waals surface area contributed by atoms with Gasteiger partial charge in [0.15, 0.2) is 0 Å². The van der Waals surface area contributed by atoms with Gasteiger partial charge in [0.05, 0.1) is 5.56 Å². The molecule has 1 aliphatic rings. The van der Waals surface area contributed by atoms with E-state index in [1.165, 1.54) is 19.3 Å². The highest BCUT2D eigenvalue weighted by Crippen LogP contribution is 2.21. The van der Waals surface area contributed by atoms with Gasteiger partial charge in [-0.2, -0.15) is 0 Å². The first-order chi connectivity index (χ1) is 9.25. The zero-order valence-corrected chi connectivity index (χ0v) is 11.2. The maximum Gasteiger partial charge on any atom is 0.253 e. The molecule has 4 heteroatoms. The summed E-state index contributed by atoms with van der Waals surface area (Å²) in [6.07, 6.45) is 9.58. The zero-order chi connectivity index (χ0) is 13.2. The molecule has 0 aromatic carbocycles. The number of nitrogens with one attached hydrogen (secondary N) is 1. The fourth-order valence-electron chi connectivity index (χ4n) is 2.90. The molecule has 2 aromatic heterocycles. The van der Waals surface area contributed by atoms with E-state index in [-0.39, 0.29) is 5.91 Å². The summed E-state index contributed by atoms with van der Waals surface area (Å²) in [5, 5.41) is 4.09. The molecule has 1 N–H and O–H groups in total. The smallest absolute Gasteiger partial charge is 0.253 e. The van der Waals surface area contributed by atoms with Gasteiger partial charge in [0, 0.05) is 30.9 Å². The summed E-state index contributed by atoms with van der Waals surface area (Å²) in [5.74, 6) is 0.0329. The average molecular weight is 257 g/mol. The lowest BCUT2D eigenvalue weighted by Crippen LogP contribution is -2.36. The van der Waals surface area contributed by atoms with E-state index >= 15 is 0 Å². The van der Waals surface area contributed by atoms with Crippen molar-refractivity contribution in [3.63, 3.8) is 0 Å². The Morgan fingerprint density at radius 3 is 2.95 bits per heavy atom. The van der Waals surface area contributed by atoms with E-state index in [2.05, 4.69) is 10.3 Å². The molecule has 4 nitrogen and oxygen atoms in total. The van der Waals surface area contributed by atoms with Crippen molar-refractivity contribution in [2.75, 3.05) is 0 Å². The van der Waals surface area contributed by atoms with Crippen molar-refractivity contribution >= 4 is 16.9 Å². The van der Waals surface area contributed by atoms with Gasteiger partial charge in [-0.05, 0) is 25.0 Å². The summed E-state index contributed by atoms with van der Waals surface area (Å²) in [7, 11) is 1.92. The van der Waals surface area contributed by atoms with E-state index in [0.717, 1.165) is 29.4 Å². The zero-order valence-electron chi connectivity index (χ0n) is 11.2. The third-order valence-corrected chi connectivity index (χ3v) is 3.92. The van der Waals surface area contributed by atoms with Gasteiger partial charge in [0.1, 0.15) is 5.65 Å². The van der Waals surface area contributed by atoms with Crippen LogP contribution in [-0.2, 0) is 7.05 Å². The van der Waals surface area contributed by atoms with Crippen LogP contribution in [0.3, 0.4) is 0 Å². The summed E-state index contributed by atoms with van der Waals surface area (Å²) in [6, 6.07) is 4.17. The van der Waals surface area contributed by atoms with Crippen LogP contribution >= 0.6 is 0 Å². The lowest BCUT2D eigenvalue weighted by Gasteiger charge is -2.22. The lowest BCUT2D eigenvalue weighted by molar-refractivity contribution is 0.0929. The van der Waals surface area contributed by atoms with Crippen molar-refractivity contribution < 1.29 is 4.79 Å². The van der Waals surface area contributed by atoms with Gasteiger partial charge in [-0.15, -0.1) is 0 Å². The number of fused-ring (bicyclic) bond motifs is 1. The number of carbonyl (C=O) groups is 1. The summed E-state index contributed by atoms with van der Waals surface area (Å²) in [4.78, 5) is 16.7. The molecular formula is C15H19N3O. The molecule has 0 radical (unpaired) electrons. The fraction of sp³-hybridized carbons (Fsp3) is 0.467. The molecule has 0 spiro atoms. The van der Waals surface area contributed by atoms with Crippen LogP contribution in [0.2, 0.25) is 0 Å². The number of hydrogen-bond acceptors (Lipinski definition) is 2. The SMILES string of the molecule is Cn1cc(C(=O)NC2CCCCC2)c2cccnc21. The van der Waals surface area contributed by atoms with E-state index < -0.39 is 0 Å². The van der Waals surface area contributed by atoms with E-state index in [1.54, 1.807) is 6.20 Å². The Hall–Kier alpha value is -1.84. The van der Waals surface area contributed by atoms with Gasteiger partial charge in [-0.1, -0.05) is 19.3 Å². The largest absolute Gasteiger partial charge is 0.349 e. The number of hydrogen-bond donors (Lipinski definition) is 1. The van der Waals surface area contributed by atoms with Gasteiger partial charge in [-0.3, -0.25) is 4.79 Å². The third-order valence-electron chi connectivity index (χ3n) is 3.92. The Balaban J connectivity index is 1.85.